The van der Waals surface area contributed by atoms with E-state index in [1.54, 1.807) is 6.07 Å². The number of rotatable bonds is 3. The minimum atomic E-state index is -0.189. The molecule has 1 aromatic rings. The predicted molar refractivity (Wildman–Crippen MR) is 73.9 cm³/mol. The lowest BCUT2D eigenvalue weighted by atomic mass is 9.91. The van der Waals surface area contributed by atoms with Crippen LogP contribution in [0.15, 0.2) is 28.4 Å². The van der Waals surface area contributed by atoms with Crippen molar-refractivity contribution in [3.8, 4) is 0 Å². The molecule has 0 fully saturated rings. The molecule has 0 atom stereocenters. The van der Waals surface area contributed by atoms with Gasteiger partial charge in [0, 0.05) is 17.7 Å². The Bertz CT molecular complexity index is 513. The summed E-state index contributed by atoms with van der Waals surface area (Å²) in [7, 11) is 0. The van der Waals surface area contributed by atoms with E-state index in [1.807, 2.05) is 6.07 Å². The van der Waals surface area contributed by atoms with Gasteiger partial charge in [-0.05, 0) is 35.6 Å². The van der Waals surface area contributed by atoms with Crippen LogP contribution in [0.1, 0.15) is 51.2 Å². The van der Waals surface area contributed by atoms with Gasteiger partial charge in [-0.1, -0.05) is 27.7 Å². The Kier molecular flexibility index (Phi) is 3.60. The van der Waals surface area contributed by atoms with Crippen LogP contribution in [0.5, 0.6) is 0 Å². The van der Waals surface area contributed by atoms with Gasteiger partial charge in [0.1, 0.15) is 5.82 Å². The molecule has 1 aliphatic heterocycles. The third-order valence-electron chi connectivity index (χ3n) is 3.26. The maximum atomic E-state index is 13.3. The molecule has 1 aromatic carbocycles. The Morgan fingerprint density at radius 3 is 2.33 bits per heavy atom. The van der Waals surface area contributed by atoms with Gasteiger partial charge in [-0.3, -0.25) is 0 Å². The lowest BCUT2D eigenvalue weighted by molar-refractivity contribution is 0.623. The molecular formula is C15H19FN2. The molecule has 0 amide bonds. The molecule has 0 N–H and O–H groups in total. The van der Waals surface area contributed by atoms with Crippen molar-refractivity contribution in [2.24, 2.45) is 16.1 Å². The molecule has 0 saturated carbocycles. The summed E-state index contributed by atoms with van der Waals surface area (Å²) in [5.74, 6) is 0.502. The zero-order chi connectivity index (χ0) is 13.3. The van der Waals surface area contributed by atoms with E-state index in [0.717, 1.165) is 29.0 Å². The summed E-state index contributed by atoms with van der Waals surface area (Å²) < 4.78 is 13.3. The topological polar surface area (TPSA) is 24.7 Å². The van der Waals surface area contributed by atoms with Crippen molar-refractivity contribution in [2.75, 3.05) is 0 Å². The van der Waals surface area contributed by atoms with Crippen LogP contribution in [0, 0.1) is 11.7 Å². The van der Waals surface area contributed by atoms with Gasteiger partial charge in [-0.15, -0.1) is 0 Å². The molecule has 0 spiro atoms. The summed E-state index contributed by atoms with van der Waals surface area (Å²) in [5, 5.41) is 8.49. The predicted octanol–water partition coefficient (Wildman–Crippen LogP) is 4.15. The number of benzene rings is 1. The average molecular weight is 246 g/mol. The number of nitrogens with zero attached hydrogens (tertiary/aromatic N) is 2. The molecule has 2 nitrogen and oxygen atoms in total. The van der Waals surface area contributed by atoms with Crippen molar-refractivity contribution >= 4 is 11.4 Å². The Balaban J connectivity index is 2.32. The van der Waals surface area contributed by atoms with Gasteiger partial charge in [-0.2, -0.15) is 10.2 Å². The molecule has 0 aliphatic carbocycles. The second-order valence-corrected chi connectivity index (χ2v) is 5.36. The summed E-state index contributed by atoms with van der Waals surface area (Å²) >= 11 is 0. The quantitative estimate of drug-likeness (QED) is 0.765. The normalized spacial score (nSPS) is 15.3. The fourth-order valence-electron chi connectivity index (χ4n) is 2.11. The molecule has 18 heavy (non-hydrogen) atoms. The first-order valence-corrected chi connectivity index (χ1v) is 6.42. The van der Waals surface area contributed by atoms with E-state index in [1.165, 1.54) is 6.07 Å². The Hall–Kier alpha value is -1.51. The zero-order valence-electron chi connectivity index (χ0n) is 11.4. The minimum Gasteiger partial charge on any atom is -0.207 e. The fourth-order valence-corrected chi connectivity index (χ4v) is 2.11. The van der Waals surface area contributed by atoms with E-state index < -0.39 is 0 Å². The third-order valence-corrected chi connectivity index (χ3v) is 3.26. The number of halogens is 1. The standard InChI is InChI=1S/C15H19FN2/c1-9(2)13-7-11(16)5-6-12(13)15-8-14(10(3)4)17-18-15/h5-7,9-10H,8H2,1-4H3. The highest BCUT2D eigenvalue weighted by Crippen LogP contribution is 2.25. The first kappa shape index (κ1) is 12.9. The van der Waals surface area contributed by atoms with Crippen molar-refractivity contribution in [3.63, 3.8) is 0 Å². The summed E-state index contributed by atoms with van der Waals surface area (Å²) in [6.45, 7) is 8.37. The van der Waals surface area contributed by atoms with Crippen molar-refractivity contribution in [2.45, 2.75) is 40.0 Å². The molecule has 0 aromatic heterocycles. The van der Waals surface area contributed by atoms with E-state index >= 15 is 0 Å². The van der Waals surface area contributed by atoms with Crippen LogP contribution in [0.4, 0.5) is 4.39 Å². The van der Waals surface area contributed by atoms with Crippen molar-refractivity contribution in [1.29, 1.82) is 0 Å². The molecule has 3 heteroatoms. The van der Waals surface area contributed by atoms with E-state index in [9.17, 15) is 4.39 Å². The van der Waals surface area contributed by atoms with Crippen LogP contribution < -0.4 is 0 Å². The third kappa shape index (κ3) is 2.50. The van der Waals surface area contributed by atoms with Gasteiger partial charge in [0.2, 0.25) is 0 Å². The molecule has 0 saturated heterocycles. The molecule has 96 valence electrons. The van der Waals surface area contributed by atoms with Crippen LogP contribution in [0.25, 0.3) is 0 Å². The maximum Gasteiger partial charge on any atom is 0.123 e. The highest BCUT2D eigenvalue weighted by molar-refractivity contribution is 6.16. The van der Waals surface area contributed by atoms with Crippen LogP contribution in [0.2, 0.25) is 0 Å². The highest BCUT2D eigenvalue weighted by Gasteiger charge is 2.20. The maximum absolute atomic E-state index is 13.3. The van der Waals surface area contributed by atoms with E-state index in [2.05, 4.69) is 37.9 Å². The van der Waals surface area contributed by atoms with E-state index in [0.29, 0.717) is 5.92 Å². The van der Waals surface area contributed by atoms with Crippen LogP contribution >= 0.6 is 0 Å². The number of hydrogen-bond donors (Lipinski definition) is 0. The monoisotopic (exact) mass is 246 g/mol. The molecule has 0 unspecified atom stereocenters. The Morgan fingerprint density at radius 1 is 1.06 bits per heavy atom. The van der Waals surface area contributed by atoms with Gasteiger partial charge in [0.15, 0.2) is 0 Å². The minimum absolute atomic E-state index is 0.189. The average Bonchev–Trinajstić information content (AvgIpc) is 2.78. The van der Waals surface area contributed by atoms with Gasteiger partial charge < -0.3 is 0 Å². The Labute approximate surface area is 108 Å². The lowest BCUT2D eigenvalue weighted by Crippen LogP contribution is -2.11. The zero-order valence-corrected chi connectivity index (χ0v) is 11.4. The summed E-state index contributed by atoms with van der Waals surface area (Å²) in [6, 6.07) is 4.93. The van der Waals surface area contributed by atoms with Gasteiger partial charge >= 0.3 is 0 Å². The SMILES string of the molecule is CC(C)C1=NN=C(c2ccc(F)cc2C(C)C)C1. The number of hydrogen-bond acceptors (Lipinski definition) is 2. The second kappa shape index (κ2) is 5.01. The van der Waals surface area contributed by atoms with Crippen molar-refractivity contribution in [3.05, 3.63) is 35.1 Å². The largest absolute Gasteiger partial charge is 0.207 e. The molecule has 0 radical (unpaired) electrons. The Morgan fingerprint density at radius 2 is 1.78 bits per heavy atom. The van der Waals surface area contributed by atoms with Crippen molar-refractivity contribution < 1.29 is 4.39 Å². The summed E-state index contributed by atoms with van der Waals surface area (Å²) in [6.07, 6.45) is 0.781. The fraction of sp³-hybridized carbons (Fsp3) is 0.467. The van der Waals surface area contributed by atoms with Crippen LogP contribution in [-0.4, -0.2) is 11.4 Å². The van der Waals surface area contributed by atoms with Crippen LogP contribution in [0.3, 0.4) is 0 Å². The molecule has 0 bridgehead atoms. The van der Waals surface area contributed by atoms with Crippen LogP contribution in [-0.2, 0) is 0 Å². The van der Waals surface area contributed by atoms with Gasteiger partial charge in [0.25, 0.3) is 0 Å². The van der Waals surface area contributed by atoms with Crippen molar-refractivity contribution in [1.82, 2.24) is 0 Å². The smallest absolute Gasteiger partial charge is 0.123 e. The second-order valence-electron chi connectivity index (χ2n) is 5.36. The summed E-state index contributed by atoms with van der Waals surface area (Å²) in [5.41, 5.74) is 4.10. The first-order valence-electron chi connectivity index (χ1n) is 6.42. The van der Waals surface area contributed by atoms with Gasteiger partial charge in [-0.25, -0.2) is 4.39 Å². The molecule has 2 rings (SSSR count). The highest BCUT2D eigenvalue weighted by atomic mass is 19.1. The molecule has 1 heterocycles. The molecular weight excluding hydrogens is 227 g/mol. The lowest BCUT2D eigenvalue weighted by Gasteiger charge is -2.13. The van der Waals surface area contributed by atoms with Gasteiger partial charge in [0.05, 0.1) is 5.71 Å². The van der Waals surface area contributed by atoms with E-state index in [4.69, 9.17) is 0 Å². The molecule has 1 aliphatic rings. The summed E-state index contributed by atoms with van der Waals surface area (Å²) in [4.78, 5) is 0. The first-order chi connectivity index (χ1) is 8.49. The van der Waals surface area contributed by atoms with E-state index in [-0.39, 0.29) is 11.7 Å².